The Kier molecular flexibility index (Phi) is 4.47. The molecule has 1 heterocycles. The first-order chi connectivity index (χ1) is 7.61. The number of nitrogens with two attached hydrogens (primary N) is 1. The molecule has 84 valence electrons. The molecule has 5 heteroatoms. The monoisotopic (exact) mass is 236 g/mol. The highest BCUT2D eigenvalue weighted by Gasteiger charge is 2.02. The molecule has 0 atom stereocenters. The summed E-state index contributed by atoms with van der Waals surface area (Å²) in [4.78, 5) is 13.2. The van der Waals surface area contributed by atoms with Crippen molar-refractivity contribution >= 4 is 23.0 Å². The van der Waals surface area contributed by atoms with Gasteiger partial charge >= 0.3 is 0 Å². The first-order valence-electron chi connectivity index (χ1n) is 4.55. The molecule has 2 aromatic rings. The van der Waals surface area contributed by atoms with Gasteiger partial charge < -0.3 is 10.8 Å². The zero-order chi connectivity index (χ0) is 12.0. The van der Waals surface area contributed by atoms with Crippen LogP contribution in [-0.4, -0.2) is 16.1 Å². The van der Waals surface area contributed by atoms with Gasteiger partial charge in [-0.15, -0.1) is 11.3 Å². The van der Waals surface area contributed by atoms with Gasteiger partial charge in [0.15, 0.2) is 0 Å². The van der Waals surface area contributed by atoms with Crippen molar-refractivity contribution in [3.05, 3.63) is 35.8 Å². The van der Waals surface area contributed by atoms with Crippen LogP contribution < -0.4 is 5.73 Å². The maximum absolute atomic E-state index is 9.00. The molecule has 0 unspecified atom stereocenters. The second-order valence-corrected chi connectivity index (χ2v) is 3.84. The molecule has 0 bridgehead atoms. The van der Waals surface area contributed by atoms with Gasteiger partial charge in [0.25, 0.3) is 5.97 Å². The molecule has 0 saturated carbocycles. The van der Waals surface area contributed by atoms with Crippen LogP contribution in [0.4, 0.5) is 5.69 Å². The highest BCUT2D eigenvalue weighted by atomic mass is 32.1. The lowest BCUT2D eigenvalue weighted by molar-refractivity contribution is -0.134. The molecule has 0 amide bonds. The number of benzene rings is 1. The van der Waals surface area contributed by atoms with Crippen LogP contribution >= 0.6 is 11.3 Å². The first kappa shape index (κ1) is 12.2. The molecule has 0 radical (unpaired) electrons. The van der Waals surface area contributed by atoms with Crippen molar-refractivity contribution in [1.82, 2.24) is 4.98 Å². The highest BCUT2D eigenvalue weighted by Crippen LogP contribution is 2.26. The Labute approximate surface area is 97.4 Å². The molecule has 0 aliphatic carbocycles. The maximum atomic E-state index is 9.00. The molecule has 0 aliphatic rings. The van der Waals surface area contributed by atoms with E-state index in [0.29, 0.717) is 0 Å². The number of carboxylic acids is 1. The largest absolute Gasteiger partial charge is 0.481 e. The lowest BCUT2D eigenvalue weighted by Crippen LogP contribution is -1.87. The van der Waals surface area contributed by atoms with Gasteiger partial charge in [-0.05, 0) is 12.1 Å². The Bertz CT molecular complexity index is 451. The van der Waals surface area contributed by atoms with Crippen molar-refractivity contribution in [3.8, 4) is 10.6 Å². The number of aromatic nitrogens is 1. The minimum absolute atomic E-state index is 0.785. The van der Waals surface area contributed by atoms with Crippen molar-refractivity contribution in [3.63, 3.8) is 0 Å². The molecule has 1 aromatic carbocycles. The number of carbonyl (C=O) groups is 1. The van der Waals surface area contributed by atoms with Crippen molar-refractivity contribution in [2.45, 2.75) is 6.92 Å². The van der Waals surface area contributed by atoms with Crippen LogP contribution in [-0.2, 0) is 4.79 Å². The first-order valence-corrected chi connectivity index (χ1v) is 5.43. The number of hydrogen-bond acceptors (Lipinski definition) is 4. The Morgan fingerprint density at radius 2 is 2.06 bits per heavy atom. The Morgan fingerprint density at radius 3 is 2.56 bits per heavy atom. The van der Waals surface area contributed by atoms with E-state index >= 15 is 0 Å². The van der Waals surface area contributed by atoms with Crippen LogP contribution in [0.1, 0.15) is 6.92 Å². The van der Waals surface area contributed by atoms with E-state index in [1.54, 1.807) is 17.5 Å². The van der Waals surface area contributed by atoms with E-state index in [1.165, 1.54) is 0 Å². The van der Waals surface area contributed by atoms with Gasteiger partial charge in [0.1, 0.15) is 5.01 Å². The third-order valence-electron chi connectivity index (χ3n) is 1.62. The quantitative estimate of drug-likeness (QED) is 0.746. The zero-order valence-corrected chi connectivity index (χ0v) is 9.57. The van der Waals surface area contributed by atoms with Crippen LogP contribution in [0.3, 0.4) is 0 Å². The van der Waals surface area contributed by atoms with Crippen molar-refractivity contribution in [2.75, 3.05) is 5.73 Å². The van der Waals surface area contributed by atoms with Crippen molar-refractivity contribution in [1.29, 1.82) is 0 Å². The number of thiazole rings is 1. The fraction of sp³-hybridized carbons (Fsp3) is 0.0909. The number of carboxylic acid groups (broad SMARTS) is 1. The summed E-state index contributed by atoms with van der Waals surface area (Å²) in [5, 5.41) is 10.3. The van der Waals surface area contributed by atoms with E-state index in [4.69, 9.17) is 15.6 Å². The standard InChI is InChI=1S/C9H8N2S.C2H4O2/c10-8-4-2-1-3-7(8)9-11-5-6-12-9;1-2(3)4/h1-6H,10H2;1H3,(H,3,4). The van der Waals surface area contributed by atoms with Gasteiger partial charge in [-0.1, -0.05) is 12.1 Å². The van der Waals surface area contributed by atoms with E-state index in [-0.39, 0.29) is 0 Å². The molecule has 3 N–H and O–H groups in total. The summed E-state index contributed by atoms with van der Waals surface area (Å²) in [6.07, 6.45) is 1.78. The fourth-order valence-corrected chi connectivity index (χ4v) is 1.73. The van der Waals surface area contributed by atoms with E-state index in [1.807, 2.05) is 29.6 Å². The SMILES string of the molecule is CC(=O)O.Nc1ccccc1-c1nccs1. The van der Waals surface area contributed by atoms with Gasteiger partial charge in [0, 0.05) is 29.8 Å². The number of nitrogens with zero attached hydrogens (tertiary/aromatic N) is 1. The average molecular weight is 236 g/mol. The number of anilines is 1. The van der Waals surface area contributed by atoms with Gasteiger partial charge in [0.05, 0.1) is 0 Å². The molecule has 2 rings (SSSR count). The predicted molar refractivity (Wildman–Crippen MR) is 65.3 cm³/mol. The zero-order valence-electron chi connectivity index (χ0n) is 8.75. The maximum Gasteiger partial charge on any atom is 0.300 e. The molecule has 4 nitrogen and oxygen atoms in total. The summed E-state index contributed by atoms with van der Waals surface area (Å²) in [7, 11) is 0. The number of para-hydroxylation sites is 1. The number of hydrogen-bond donors (Lipinski definition) is 2. The van der Waals surface area contributed by atoms with Gasteiger partial charge in [0.2, 0.25) is 0 Å². The topological polar surface area (TPSA) is 76.2 Å². The Hall–Kier alpha value is -1.88. The summed E-state index contributed by atoms with van der Waals surface area (Å²) >= 11 is 1.60. The third kappa shape index (κ3) is 3.70. The molecule has 0 saturated heterocycles. The highest BCUT2D eigenvalue weighted by molar-refractivity contribution is 7.13. The molecule has 0 aliphatic heterocycles. The van der Waals surface area contributed by atoms with E-state index < -0.39 is 5.97 Å². The Morgan fingerprint density at radius 1 is 1.44 bits per heavy atom. The second-order valence-electron chi connectivity index (χ2n) is 2.94. The Balaban J connectivity index is 0.000000280. The summed E-state index contributed by atoms with van der Waals surface area (Å²) < 4.78 is 0. The van der Waals surface area contributed by atoms with E-state index in [9.17, 15) is 0 Å². The summed E-state index contributed by atoms with van der Waals surface area (Å²) in [6.45, 7) is 1.08. The second kappa shape index (κ2) is 5.87. The summed E-state index contributed by atoms with van der Waals surface area (Å²) in [5.74, 6) is -0.833. The normalized spacial score (nSPS) is 9.06. The molecular formula is C11H12N2O2S. The van der Waals surface area contributed by atoms with Crippen LogP contribution in [0.15, 0.2) is 35.8 Å². The molecule has 0 fully saturated rings. The number of nitrogen functional groups attached to an aromatic ring is 1. The van der Waals surface area contributed by atoms with Crippen LogP contribution in [0.25, 0.3) is 10.6 Å². The third-order valence-corrected chi connectivity index (χ3v) is 2.43. The smallest absolute Gasteiger partial charge is 0.300 e. The lowest BCUT2D eigenvalue weighted by atomic mass is 10.2. The van der Waals surface area contributed by atoms with Crippen LogP contribution in [0.5, 0.6) is 0 Å². The molecular weight excluding hydrogens is 224 g/mol. The fourth-order valence-electron chi connectivity index (χ4n) is 1.05. The van der Waals surface area contributed by atoms with Gasteiger partial charge in [-0.2, -0.15) is 0 Å². The van der Waals surface area contributed by atoms with Gasteiger partial charge in [-0.3, -0.25) is 4.79 Å². The van der Waals surface area contributed by atoms with Crippen LogP contribution in [0.2, 0.25) is 0 Å². The van der Waals surface area contributed by atoms with E-state index in [2.05, 4.69) is 4.98 Å². The summed E-state index contributed by atoms with van der Waals surface area (Å²) in [6, 6.07) is 7.75. The lowest BCUT2D eigenvalue weighted by Gasteiger charge is -1.99. The molecule has 1 aromatic heterocycles. The van der Waals surface area contributed by atoms with Gasteiger partial charge in [-0.25, -0.2) is 4.98 Å². The minimum Gasteiger partial charge on any atom is -0.481 e. The minimum atomic E-state index is -0.833. The summed E-state index contributed by atoms with van der Waals surface area (Å²) in [5.41, 5.74) is 7.58. The van der Waals surface area contributed by atoms with Crippen molar-refractivity contribution < 1.29 is 9.90 Å². The number of rotatable bonds is 1. The molecule has 0 spiro atoms. The number of aliphatic carboxylic acids is 1. The molecule has 16 heavy (non-hydrogen) atoms. The predicted octanol–water partition coefficient (Wildman–Crippen LogP) is 2.48. The van der Waals surface area contributed by atoms with E-state index in [0.717, 1.165) is 23.2 Å². The average Bonchev–Trinajstić information content (AvgIpc) is 2.70. The van der Waals surface area contributed by atoms with Crippen LogP contribution in [0, 0.1) is 0 Å². The van der Waals surface area contributed by atoms with Crippen molar-refractivity contribution in [2.24, 2.45) is 0 Å².